The molecular weight excluding hydrogens is 352 g/mol. The summed E-state index contributed by atoms with van der Waals surface area (Å²) in [6.07, 6.45) is 1.54. The molecule has 0 aliphatic rings. The predicted molar refractivity (Wildman–Crippen MR) is 99.3 cm³/mol. The minimum absolute atomic E-state index is 0.0277. The Morgan fingerprint density at radius 2 is 1.81 bits per heavy atom. The molecule has 2 rings (SSSR count). The highest BCUT2D eigenvalue weighted by Crippen LogP contribution is 2.23. The van der Waals surface area contributed by atoms with E-state index >= 15 is 0 Å². The number of hydrogen-bond donors (Lipinski definition) is 1. The number of hydrogen-bond acceptors (Lipinski definition) is 6. The van der Waals surface area contributed by atoms with Gasteiger partial charge in [0.25, 0.3) is 11.6 Å². The van der Waals surface area contributed by atoms with E-state index in [2.05, 4.69) is 5.32 Å². The summed E-state index contributed by atoms with van der Waals surface area (Å²) in [6.45, 7) is 1.37. The molecule has 27 heavy (non-hydrogen) atoms. The number of esters is 1. The van der Waals surface area contributed by atoms with Crippen molar-refractivity contribution in [3.05, 3.63) is 70.3 Å². The lowest BCUT2D eigenvalue weighted by molar-refractivity contribution is -0.383. The minimum atomic E-state index is -1.14. The molecule has 0 spiro atoms. The summed E-state index contributed by atoms with van der Waals surface area (Å²) in [5, 5.41) is 13.4. The van der Waals surface area contributed by atoms with Gasteiger partial charge in [-0.2, -0.15) is 0 Å². The van der Waals surface area contributed by atoms with Crippen molar-refractivity contribution >= 4 is 29.3 Å². The fourth-order valence-electron chi connectivity index (χ4n) is 2.20. The summed E-state index contributed by atoms with van der Waals surface area (Å²) in [4.78, 5) is 34.4. The number of para-hydroxylation sites is 3. The molecule has 1 N–H and O–H groups in total. The van der Waals surface area contributed by atoms with Crippen molar-refractivity contribution in [2.24, 2.45) is 0 Å². The van der Waals surface area contributed by atoms with Crippen LogP contribution in [0.4, 0.5) is 11.4 Å². The Morgan fingerprint density at radius 3 is 2.52 bits per heavy atom. The molecule has 8 heteroatoms. The molecule has 0 aliphatic heterocycles. The monoisotopic (exact) mass is 370 g/mol. The molecule has 0 aromatic heterocycles. The normalized spacial score (nSPS) is 11.6. The molecule has 0 bridgehead atoms. The van der Waals surface area contributed by atoms with Gasteiger partial charge in [-0.15, -0.1) is 0 Å². The topological polar surface area (TPSA) is 108 Å². The number of nitrogens with zero attached hydrogens (tertiary/aromatic N) is 1. The smallest absolute Gasteiger partial charge is 0.331 e. The molecule has 0 unspecified atom stereocenters. The van der Waals surface area contributed by atoms with Crippen LogP contribution in [0.2, 0.25) is 0 Å². The van der Waals surface area contributed by atoms with Gasteiger partial charge in [-0.3, -0.25) is 14.9 Å². The first kappa shape index (κ1) is 19.6. The number of nitro groups is 1. The van der Waals surface area contributed by atoms with Gasteiger partial charge in [-0.1, -0.05) is 30.3 Å². The molecule has 0 saturated heterocycles. The standard InChI is InChI=1S/C19H18N2O6/c1-13(19(23)20-15-8-4-5-9-16(15)21(24)25)27-18(22)12-11-14-7-3-6-10-17(14)26-2/h3-13H,1-2H3,(H,20,23)/b12-11+/t13-/m1/s1. The summed E-state index contributed by atoms with van der Waals surface area (Å²) in [7, 11) is 1.51. The van der Waals surface area contributed by atoms with Gasteiger partial charge in [0.05, 0.1) is 12.0 Å². The summed E-state index contributed by atoms with van der Waals surface area (Å²) >= 11 is 0. The zero-order valence-corrected chi connectivity index (χ0v) is 14.7. The second kappa shape index (κ2) is 9.14. The first-order valence-corrected chi connectivity index (χ1v) is 7.98. The Balaban J connectivity index is 1.99. The third-order valence-corrected chi connectivity index (χ3v) is 3.56. The highest BCUT2D eigenvalue weighted by atomic mass is 16.6. The molecule has 140 valence electrons. The second-order valence-corrected chi connectivity index (χ2v) is 5.42. The number of ether oxygens (including phenoxy) is 2. The predicted octanol–water partition coefficient (Wildman–Crippen LogP) is 3.19. The molecular formula is C19H18N2O6. The molecule has 2 aromatic carbocycles. The van der Waals surface area contributed by atoms with Crippen LogP contribution in [0.5, 0.6) is 5.75 Å². The van der Waals surface area contributed by atoms with Crippen LogP contribution in [0, 0.1) is 10.1 Å². The molecule has 0 aliphatic carbocycles. The van der Waals surface area contributed by atoms with Crippen LogP contribution in [-0.2, 0) is 14.3 Å². The van der Waals surface area contributed by atoms with Gasteiger partial charge in [-0.25, -0.2) is 4.79 Å². The number of nitro benzene ring substituents is 1. The van der Waals surface area contributed by atoms with Gasteiger partial charge in [0, 0.05) is 17.7 Å². The van der Waals surface area contributed by atoms with Crippen LogP contribution < -0.4 is 10.1 Å². The fraction of sp³-hybridized carbons (Fsp3) is 0.158. The molecule has 1 atom stereocenters. The number of methoxy groups -OCH3 is 1. The Labute approximate surface area is 155 Å². The van der Waals surface area contributed by atoms with Crippen LogP contribution in [0.1, 0.15) is 12.5 Å². The van der Waals surface area contributed by atoms with E-state index in [9.17, 15) is 19.7 Å². The van der Waals surface area contributed by atoms with E-state index in [1.54, 1.807) is 30.3 Å². The molecule has 0 saturated carbocycles. The highest BCUT2D eigenvalue weighted by Gasteiger charge is 2.20. The maximum Gasteiger partial charge on any atom is 0.331 e. The van der Waals surface area contributed by atoms with Gasteiger partial charge < -0.3 is 14.8 Å². The Morgan fingerprint density at radius 1 is 1.15 bits per heavy atom. The van der Waals surface area contributed by atoms with Crippen LogP contribution in [0.25, 0.3) is 6.08 Å². The summed E-state index contributed by atoms with van der Waals surface area (Å²) in [5.41, 5.74) is 0.453. The summed E-state index contributed by atoms with van der Waals surface area (Å²) < 4.78 is 10.2. The second-order valence-electron chi connectivity index (χ2n) is 5.42. The van der Waals surface area contributed by atoms with Crippen LogP contribution in [0.3, 0.4) is 0 Å². The van der Waals surface area contributed by atoms with Crippen molar-refractivity contribution in [2.45, 2.75) is 13.0 Å². The number of amides is 1. The molecule has 8 nitrogen and oxygen atoms in total. The van der Waals surface area contributed by atoms with Gasteiger partial charge in [-0.05, 0) is 25.1 Å². The van der Waals surface area contributed by atoms with E-state index < -0.39 is 22.9 Å². The summed E-state index contributed by atoms with van der Waals surface area (Å²) in [6, 6.07) is 12.8. The molecule has 0 fully saturated rings. The van der Waals surface area contributed by atoms with Crippen molar-refractivity contribution in [3.8, 4) is 5.75 Å². The number of benzene rings is 2. The SMILES string of the molecule is COc1ccccc1/C=C/C(=O)O[C@H](C)C(=O)Nc1ccccc1[N+](=O)[O-]. The maximum absolute atomic E-state index is 12.1. The van der Waals surface area contributed by atoms with Gasteiger partial charge in [0.1, 0.15) is 11.4 Å². The molecule has 1 amide bonds. The Bertz CT molecular complexity index is 878. The number of carbonyl (C=O) groups is 2. The largest absolute Gasteiger partial charge is 0.496 e. The molecule has 0 heterocycles. The third kappa shape index (κ3) is 5.40. The number of anilines is 1. The van der Waals surface area contributed by atoms with E-state index in [-0.39, 0.29) is 11.4 Å². The lowest BCUT2D eigenvalue weighted by Gasteiger charge is -2.12. The number of nitrogens with one attached hydrogen (secondary N) is 1. The fourth-order valence-corrected chi connectivity index (χ4v) is 2.20. The van der Waals surface area contributed by atoms with Crippen molar-refractivity contribution < 1.29 is 24.0 Å². The quantitative estimate of drug-likeness (QED) is 0.347. The highest BCUT2D eigenvalue weighted by molar-refractivity contribution is 5.98. The van der Waals surface area contributed by atoms with Crippen molar-refractivity contribution in [3.63, 3.8) is 0 Å². The van der Waals surface area contributed by atoms with E-state index in [4.69, 9.17) is 9.47 Å². The molecule has 0 radical (unpaired) electrons. The summed E-state index contributed by atoms with van der Waals surface area (Å²) in [5.74, 6) is -0.821. The zero-order chi connectivity index (χ0) is 19.8. The first-order chi connectivity index (χ1) is 12.9. The van der Waals surface area contributed by atoms with Gasteiger partial charge >= 0.3 is 5.97 Å². The van der Waals surface area contributed by atoms with Crippen molar-refractivity contribution in [1.29, 1.82) is 0 Å². The third-order valence-electron chi connectivity index (χ3n) is 3.56. The van der Waals surface area contributed by atoms with Crippen LogP contribution in [0.15, 0.2) is 54.6 Å². The lowest BCUT2D eigenvalue weighted by Crippen LogP contribution is -2.29. The average molecular weight is 370 g/mol. The Kier molecular flexibility index (Phi) is 6.65. The van der Waals surface area contributed by atoms with Crippen LogP contribution in [-0.4, -0.2) is 30.0 Å². The van der Waals surface area contributed by atoms with Gasteiger partial charge in [0.15, 0.2) is 6.10 Å². The van der Waals surface area contributed by atoms with E-state index in [1.807, 2.05) is 0 Å². The minimum Gasteiger partial charge on any atom is -0.496 e. The number of carbonyl (C=O) groups excluding carboxylic acids is 2. The zero-order valence-electron chi connectivity index (χ0n) is 14.7. The van der Waals surface area contributed by atoms with E-state index in [0.717, 1.165) is 0 Å². The lowest BCUT2D eigenvalue weighted by atomic mass is 10.2. The van der Waals surface area contributed by atoms with E-state index in [1.165, 1.54) is 44.4 Å². The maximum atomic E-state index is 12.1. The van der Waals surface area contributed by atoms with Crippen LogP contribution >= 0.6 is 0 Å². The van der Waals surface area contributed by atoms with Gasteiger partial charge in [0.2, 0.25) is 0 Å². The first-order valence-electron chi connectivity index (χ1n) is 7.98. The van der Waals surface area contributed by atoms with Crippen molar-refractivity contribution in [2.75, 3.05) is 12.4 Å². The number of rotatable bonds is 7. The average Bonchev–Trinajstić information content (AvgIpc) is 2.66. The Hall–Kier alpha value is -3.68. The van der Waals surface area contributed by atoms with Crippen molar-refractivity contribution in [1.82, 2.24) is 0 Å². The van der Waals surface area contributed by atoms with E-state index in [0.29, 0.717) is 11.3 Å². The molecule has 2 aromatic rings.